The van der Waals surface area contributed by atoms with E-state index in [-0.39, 0.29) is 11.6 Å². The Morgan fingerprint density at radius 2 is 1.50 bits per heavy atom. The monoisotopic (exact) mass is 236 g/mol. The number of hydrogen-bond acceptors (Lipinski definition) is 2. The Labute approximate surface area is 105 Å². The van der Waals surface area contributed by atoms with E-state index in [1.54, 1.807) is 6.08 Å². The average molecular weight is 236 g/mol. The predicted molar refractivity (Wildman–Crippen MR) is 71.2 cm³/mol. The summed E-state index contributed by atoms with van der Waals surface area (Å²) >= 11 is 0. The van der Waals surface area contributed by atoms with E-state index in [9.17, 15) is 9.59 Å². The highest BCUT2D eigenvalue weighted by Gasteiger charge is 2.25. The van der Waals surface area contributed by atoms with Crippen molar-refractivity contribution >= 4 is 28.4 Å². The summed E-state index contributed by atoms with van der Waals surface area (Å²) in [6.45, 7) is 0. The van der Waals surface area contributed by atoms with Crippen LogP contribution in [0, 0.1) is 0 Å². The molecule has 0 amide bonds. The van der Waals surface area contributed by atoms with Crippen LogP contribution in [0.5, 0.6) is 0 Å². The van der Waals surface area contributed by atoms with Crippen LogP contribution in [0.1, 0.15) is 18.4 Å². The highest BCUT2D eigenvalue weighted by molar-refractivity contribution is 6.28. The maximum absolute atomic E-state index is 11.6. The second kappa shape index (κ2) is 4.22. The molecule has 1 fully saturated rings. The lowest BCUT2D eigenvalue weighted by Gasteiger charge is -2.02. The Kier molecular flexibility index (Phi) is 2.56. The van der Waals surface area contributed by atoms with Gasteiger partial charge in [-0.1, -0.05) is 42.5 Å². The van der Waals surface area contributed by atoms with Crippen LogP contribution < -0.4 is 0 Å². The van der Waals surface area contributed by atoms with Crippen molar-refractivity contribution in [3.05, 3.63) is 53.6 Å². The maximum Gasteiger partial charge on any atom is 0.166 e. The lowest BCUT2D eigenvalue weighted by Crippen LogP contribution is -1.98. The number of rotatable bonds is 1. The Hall–Kier alpha value is -2.22. The number of allylic oxidation sites excluding steroid dienone is 1. The van der Waals surface area contributed by atoms with Gasteiger partial charge in [0.2, 0.25) is 0 Å². The quantitative estimate of drug-likeness (QED) is 0.563. The van der Waals surface area contributed by atoms with E-state index >= 15 is 0 Å². The summed E-state index contributed by atoms with van der Waals surface area (Å²) in [5.41, 5.74) is 1.29. The molecule has 2 heteroatoms. The molecule has 1 aliphatic carbocycles. The second-order valence-electron chi connectivity index (χ2n) is 4.47. The molecule has 0 saturated heterocycles. The summed E-state index contributed by atoms with van der Waals surface area (Å²) in [6, 6.07) is 13.9. The van der Waals surface area contributed by atoms with E-state index in [0.29, 0.717) is 18.4 Å². The molecule has 0 aromatic heterocycles. The zero-order chi connectivity index (χ0) is 12.5. The lowest BCUT2D eigenvalue weighted by molar-refractivity contribution is -0.116. The average Bonchev–Trinajstić information content (AvgIpc) is 2.71. The fraction of sp³-hybridized carbons (Fsp3) is 0.125. The van der Waals surface area contributed by atoms with Gasteiger partial charge in [0.1, 0.15) is 0 Å². The standard InChI is InChI=1S/C16H12O2/c17-15-8-9-16(18)14(15)10-12-6-3-5-11-4-1-2-7-13(11)12/h1-7,10H,8-9H2. The highest BCUT2D eigenvalue weighted by atomic mass is 16.2. The van der Waals surface area contributed by atoms with Crippen molar-refractivity contribution in [2.45, 2.75) is 12.8 Å². The molecule has 1 saturated carbocycles. The summed E-state index contributed by atoms with van der Waals surface area (Å²) in [7, 11) is 0. The lowest BCUT2D eigenvalue weighted by atomic mass is 10.0. The topological polar surface area (TPSA) is 34.1 Å². The summed E-state index contributed by atoms with van der Waals surface area (Å²) in [5.74, 6) is -0.0686. The minimum atomic E-state index is -0.0343. The SMILES string of the molecule is O=C1CCC(=O)C1=Cc1cccc2ccccc12. The first kappa shape index (κ1) is 10.9. The third-order valence-electron chi connectivity index (χ3n) is 3.30. The zero-order valence-corrected chi connectivity index (χ0v) is 9.85. The first-order chi connectivity index (χ1) is 8.75. The van der Waals surface area contributed by atoms with Crippen LogP contribution in [0.3, 0.4) is 0 Å². The van der Waals surface area contributed by atoms with E-state index in [1.165, 1.54) is 0 Å². The van der Waals surface area contributed by atoms with Crippen LogP contribution in [-0.2, 0) is 9.59 Å². The molecule has 88 valence electrons. The van der Waals surface area contributed by atoms with Gasteiger partial charge in [-0.2, -0.15) is 0 Å². The van der Waals surface area contributed by atoms with Crippen molar-refractivity contribution in [2.24, 2.45) is 0 Å². The molecular weight excluding hydrogens is 224 g/mol. The molecule has 2 aromatic rings. The Morgan fingerprint density at radius 3 is 2.28 bits per heavy atom. The summed E-state index contributed by atoms with van der Waals surface area (Å²) < 4.78 is 0. The molecule has 2 aromatic carbocycles. The second-order valence-corrected chi connectivity index (χ2v) is 4.47. The van der Waals surface area contributed by atoms with Gasteiger partial charge < -0.3 is 0 Å². The van der Waals surface area contributed by atoms with Crippen molar-refractivity contribution in [3.63, 3.8) is 0 Å². The van der Waals surface area contributed by atoms with Gasteiger partial charge in [-0.25, -0.2) is 0 Å². The van der Waals surface area contributed by atoms with E-state index in [1.807, 2.05) is 42.5 Å². The summed E-state index contributed by atoms with van der Waals surface area (Å²) in [4.78, 5) is 23.3. The number of carbonyl (C=O) groups excluding carboxylic acids is 2. The van der Waals surface area contributed by atoms with E-state index in [4.69, 9.17) is 0 Å². The Balaban J connectivity index is 2.18. The van der Waals surface area contributed by atoms with Crippen molar-refractivity contribution in [3.8, 4) is 0 Å². The van der Waals surface area contributed by atoms with Crippen LogP contribution in [0.25, 0.3) is 16.8 Å². The molecule has 0 aliphatic heterocycles. The largest absolute Gasteiger partial charge is 0.294 e. The van der Waals surface area contributed by atoms with Gasteiger partial charge in [-0.15, -0.1) is 0 Å². The molecule has 0 N–H and O–H groups in total. The van der Waals surface area contributed by atoms with Crippen LogP contribution in [-0.4, -0.2) is 11.6 Å². The van der Waals surface area contributed by atoms with Gasteiger partial charge in [0.05, 0.1) is 5.57 Å². The van der Waals surface area contributed by atoms with Crippen molar-refractivity contribution in [1.82, 2.24) is 0 Å². The summed E-state index contributed by atoms with van der Waals surface area (Å²) in [6.07, 6.45) is 2.45. The fourth-order valence-corrected chi connectivity index (χ4v) is 2.34. The highest BCUT2D eigenvalue weighted by Crippen LogP contribution is 2.24. The number of carbonyl (C=O) groups is 2. The van der Waals surface area contributed by atoms with Gasteiger partial charge >= 0.3 is 0 Å². The molecule has 1 aliphatic rings. The molecule has 0 radical (unpaired) electrons. The van der Waals surface area contributed by atoms with Gasteiger partial charge in [-0.05, 0) is 22.4 Å². The number of fused-ring (bicyclic) bond motifs is 1. The third-order valence-corrected chi connectivity index (χ3v) is 3.30. The smallest absolute Gasteiger partial charge is 0.166 e. The van der Waals surface area contributed by atoms with Crippen molar-refractivity contribution in [2.75, 3.05) is 0 Å². The molecule has 0 unspecified atom stereocenters. The van der Waals surface area contributed by atoms with E-state index in [2.05, 4.69) is 0 Å². The molecule has 0 bridgehead atoms. The van der Waals surface area contributed by atoms with Crippen LogP contribution in [0.2, 0.25) is 0 Å². The molecular formula is C16H12O2. The molecule has 18 heavy (non-hydrogen) atoms. The Bertz CT molecular complexity index is 657. The number of benzene rings is 2. The minimum Gasteiger partial charge on any atom is -0.294 e. The minimum absolute atomic E-state index is 0.0343. The molecule has 0 atom stereocenters. The predicted octanol–water partition coefficient (Wildman–Crippen LogP) is 3.16. The number of hydrogen-bond donors (Lipinski definition) is 0. The van der Waals surface area contributed by atoms with E-state index < -0.39 is 0 Å². The third kappa shape index (κ3) is 1.76. The summed E-state index contributed by atoms with van der Waals surface area (Å²) in [5, 5.41) is 2.18. The molecule has 0 spiro atoms. The molecule has 2 nitrogen and oxygen atoms in total. The maximum atomic E-state index is 11.6. The van der Waals surface area contributed by atoms with Gasteiger partial charge in [0.15, 0.2) is 11.6 Å². The van der Waals surface area contributed by atoms with Crippen LogP contribution in [0.4, 0.5) is 0 Å². The van der Waals surface area contributed by atoms with Gasteiger partial charge in [-0.3, -0.25) is 9.59 Å². The van der Waals surface area contributed by atoms with Crippen molar-refractivity contribution < 1.29 is 9.59 Å². The Morgan fingerprint density at radius 1 is 0.833 bits per heavy atom. The number of Topliss-reactive ketones (excluding diaryl/α,β-unsaturated/α-hetero) is 2. The van der Waals surface area contributed by atoms with Crippen LogP contribution in [0.15, 0.2) is 48.0 Å². The number of ketones is 2. The fourth-order valence-electron chi connectivity index (χ4n) is 2.34. The van der Waals surface area contributed by atoms with Crippen LogP contribution >= 0.6 is 0 Å². The first-order valence-corrected chi connectivity index (χ1v) is 6.01. The normalized spacial score (nSPS) is 15.4. The molecule has 3 rings (SSSR count). The zero-order valence-electron chi connectivity index (χ0n) is 9.85. The van der Waals surface area contributed by atoms with Gasteiger partial charge in [0.25, 0.3) is 0 Å². The molecule has 0 heterocycles. The van der Waals surface area contributed by atoms with E-state index in [0.717, 1.165) is 16.3 Å². The first-order valence-electron chi connectivity index (χ1n) is 6.01. The van der Waals surface area contributed by atoms with Gasteiger partial charge in [0, 0.05) is 12.8 Å². The van der Waals surface area contributed by atoms with Crippen molar-refractivity contribution in [1.29, 1.82) is 0 Å².